The molecular weight excluding hydrogens is 407 g/mol. The Kier molecular flexibility index (Phi) is 7.44. The minimum atomic E-state index is -3.93. The molecule has 0 heterocycles. The van der Waals surface area contributed by atoms with E-state index in [2.05, 4.69) is 5.32 Å². The van der Waals surface area contributed by atoms with E-state index in [1.165, 1.54) is 16.4 Å². The number of carbonyl (C=O) groups excluding carboxylic acids is 1. The van der Waals surface area contributed by atoms with E-state index < -0.39 is 21.7 Å². The summed E-state index contributed by atoms with van der Waals surface area (Å²) in [6.45, 7) is 2.14. The highest BCUT2D eigenvalue weighted by Crippen LogP contribution is 2.28. The molecule has 30 heavy (non-hydrogen) atoms. The minimum absolute atomic E-state index is 0.0108. The van der Waals surface area contributed by atoms with Gasteiger partial charge in [-0.1, -0.05) is 19.3 Å². The van der Waals surface area contributed by atoms with Gasteiger partial charge in [0, 0.05) is 11.7 Å². The number of hydrogen-bond acceptors (Lipinski definition) is 4. The normalized spacial score (nSPS) is 15.2. The lowest BCUT2D eigenvalue weighted by Gasteiger charge is -2.33. The summed E-state index contributed by atoms with van der Waals surface area (Å²) in [6.07, 6.45) is 4.30. The molecule has 0 aromatic heterocycles. The summed E-state index contributed by atoms with van der Waals surface area (Å²) in [4.78, 5) is 12.7. The Labute approximate surface area is 177 Å². The Hall–Kier alpha value is -2.45. The lowest BCUT2D eigenvalue weighted by atomic mass is 9.95. The van der Waals surface area contributed by atoms with Crippen LogP contribution in [0.2, 0.25) is 0 Å². The quantitative estimate of drug-likeness (QED) is 0.676. The number of ether oxygens (including phenoxy) is 1. The van der Waals surface area contributed by atoms with Crippen LogP contribution in [0.4, 0.5) is 10.1 Å². The first-order valence-corrected chi connectivity index (χ1v) is 11.6. The third-order valence-corrected chi connectivity index (χ3v) is 7.06. The molecule has 0 saturated heterocycles. The van der Waals surface area contributed by atoms with Crippen LogP contribution in [0.3, 0.4) is 0 Å². The van der Waals surface area contributed by atoms with Crippen molar-refractivity contribution in [3.63, 3.8) is 0 Å². The van der Waals surface area contributed by atoms with Crippen LogP contribution in [0.15, 0.2) is 53.4 Å². The molecule has 3 rings (SSSR count). The summed E-state index contributed by atoms with van der Waals surface area (Å²) < 4.78 is 46.4. The van der Waals surface area contributed by atoms with Crippen LogP contribution in [0, 0.1) is 5.82 Å². The van der Waals surface area contributed by atoms with Gasteiger partial charge in [-0.05, 0) is 68.3 Å². The number of nitrogens with one attached hydrogen (secondary N) is 1. The highest BCUT2D eigenvalue weighted by atomic mass is 32.2. The van der Waals surface area contributed by atoms with Crippen LogP contribution >= 0.6 is 0 Å². The van der Waals surface area contributed by atoms with Crippen LogP contribution in [0.1, 0.15) is 39.0 Å². The van der Waals surface area contributed by atoms with Crippen molar-refractivity contribution >= 4 is 21.6 Å². The van der Waals surface area contributed by atoms with E-state index in [0.29, 0.717) is 30.9 Å². The molecule has 162 valence electrons. The van der Waals surface area contributed by atoms with Crippen molar-refractivity contribution in [2.75, 3.05) is 18.5 Å². The fourth-order valence-corrected chi connectivity index (χ4v) is 5.31. The molecule has 1 saturated carbocycles. The fraction of sp³-hybridized carbons (Fsp3) is 0.409. The van der Waals surface area contributed by atoms with Gasteiger partial charge in [-0.2, -0.15) is 4.31 Å². The Morgan fingerprint density at radius 1 is 1.07 bits per heavy atom. The summed E-state index contributed by atoms with van der Waals surface area (Å²) in [5, 5.41) is 2.75. The molecule has 0 radical (unpaired) electrons. The third-order valence-electron chi connectivity index (χ3n) is 5.15. The van der Waals surface area contributed by atoms with Gasteiger partial charge < -0.3 is 10.1 Å². The Balaban J connectivity index is 1.78. The predicted molar refractivity (Wildman–Crippen MR) is 113 cm³/mol. The smallest absolute Gasteiger partial charge is 0.243 e. The van der Waals surface area contributed by atoms with Crippen LogP contribution < -0.4 is 10.1 Å². The Bertz CT molecular complexity index is 940. The third kappa shape index (κ3) is 5.58. The number of carbonyl (C=O) groups is 1. The number of anilines is 1. The molecule has 1 aliphatic carbocycles. The number of nitrogens with zero attached hydrogens (tertiary/aromatic N) is 1. The summed E-state index contributed by atoms with van der Waals surface area (Å²) in [6, 6.07) is 11.4. The first-order chi connectivity index (χ1) is 14.4. The summed E-state index contributed by atoms with van der Waals surface area (Å²) in [7, 11) is -3.93. The van der Waals surface area contributed by atoms with Gasteiger partial charge in [-0.15, -0.1) is 0 Å². The number of rotatable bonds is 8. The van der Waals surface area contributed by atoms with Crippen molar-refractivity contribution in [2.24, 2.45) is 0 Å². The van der Waals surface area contributed by atoms with Crippen molar-refractivity contribution in [1.29, 1.82) is 0 Å². The van der Waals surface area contributed by atoms with Gasteiger partial charge in [0.1, 0.15) is 11.6 Å². The van der Waals surface area contributed by atoms with Gasteiger partial charge in [0.15, 0.2) is 0 Å². The predicted octanol–water partition coefficient (Wildman–Crippen LogP) is 4.19. The second-order valence-electron chi connectivity index (χ2n) is 7.30. The lowest BCUT2D eigenvalue weighted by molar-refractivity contribution is -0.116. The van der Waals surface area contributed by atoms with E-state index in [4.69, 9.17) is 4.74 Å². The SMILES string of the molecule is CCOc1ccc(NC(=O)CN(C2CCCCC2)S(=O)(=O)c2ccc(F)cc2)cc1. The molecule has 0 atom stereocenters. The molecule has 2 aromatic rings. The standard InChI is InChI=1S/C22H27FN2O4S/c1-2-29-20-12-10-18(11-13-20)24-22(26)16-25(19-6-4-3-5-7-19)30(27,28)21-14-8-17(23)9-15-21/h8-15,19H,2-7,16H2,1H3,(H,24,26). The molecule has 6 nitrogen and oxygen atoms in total. The molecule has 0 aliphatic heterocycles. The summed E-state index contributed by atoms with van der Waals surface area (Å²) in [5.41, 5.74) is 0.561. The van der Waals surface area contributed by atoms with E-state index in [0.717, 1.165) is 31.4 Å². The largest absolute Gasteiger partial charge is 0.494 e. The van der Waals surface area contributed by atoms with Crippen molar-refractivity contribution in [1.82, 2.24) is 4.31 Å². The Morgan fingerprint density at radius 3 is 2.30 bits per heavy atom. The average Bonchev–Trinajstić information content (AvgIpc) is 2.74. The maximum Gasteiger partial charge on any atom is 0.243 e. The molecule has 1 fully saturated rings. The van der Waals surface area contributed by atoms with Crippen LogP contribution in [-0.2, 0) is 14.8 Å². The van der Waals surface area contributed by atoms with Gasteiger partial charge in [-0.25, -0.2) is 12.8 Å². The number of benzene rings is 2. The molecule has 1 amide bonds. The monoisotopic (exact) mass is 434 g/mol. The van der Waals surface area contributed by atoms with Crippen LogP contribution in [0.5, 0.6) is 5.75 Å². The van der Waals surface area contributed by atoms with E-state index in [1.807, 2.05) is 6.92 Å². The van der Waals surface area contributed by atoms with Crippen molar-refractivity contribution in [3.8, 4) is 5.75 Å². The number of hydrogen-bond donors (Lipinski definition) is 1. The second-order valence-corrected chi connectivity index (χ2v) is 9.19. The maximum absolute atomic E-state index is 13.3. The topological polar surface area (TPSA) is 75.7 Å². The molecular formula is C22H27FN2O4S. The average molecular weight is 435 g/mol. The molecule has 0 unspecified atom stereocenters. The number of sulfonamides is 1. The minimum Gasteiger partial charge on any atom is -0.494 e. The van der Waals surface area contributed by atoms with Crippen molar-refractivity contribution in [3.05, 3.63) is 54.3 Å². The molecule has 1 N–H and O–H groups in total. The van der Waals surface area contributed by atoms with Gasteiger partial charge >= 0.3 is 0 Å². The zero-order valence-electron chi connectivity index (χ0n) is 17.0. The van der Waals surface area contributed by atoms with Crippen molar-refractivity contribution < 1.29 is 22.3 Å². The van der Waals surface area contributed by atoms with Crippen LogP contribution in [0.25, 0.3) is 0 Å². The molecule has 8 heteroatoms. The first-order valence-electron chi connectivity index (χ1n) is 10.2. The van der Waals surface area contributed by atoms with Gasteiger partial charge in [-0.3, -0.25) is 4.79 Å². The molecule has 0 bridgehead atoms. The highest BCUT2D eigenvalue weighted by Gasteiger charge is 2.34. The molecule has 2 aromatic carbocycles. The molecule has 0 spiro atoms. The number of amides is 1. The van der Waals surface area contributed by atoms with E-state index in [1.54, 1.807) is 24.3 Å². The van der Waals surface area contributed by atoms with Gasteiger partial charge in [0.25, 0.3) is 0 Å². The van der Waals surface area contributed by atoms with Crippen LogP contribution in [-0.4, -0.2) is 37.8 Å². The molecule has 1 aliphatic rings. The van der Waals surface area contributed by atoms with Gasteiger partial charge in [0.2, 0.25) is 15.9 Å². The maximum atomic E-state index is 13.3. The second kappa shape index (κ2) is 10.0. The first kappa shape index (κ1) is 22.2. The highest BCUT2D eigenvalue weighted by molar-refractivity contribution is 7.89. The zero-order chi connectivity index (χ0) is 21.6. The Morgan fingerprint density at radius 2 is 1.70 bits per heavy atom. The number of halogens is 1. The summed E-state index contributed by atoms with van der Waals surface area (Å²) in [5.74, 6) is -0.236. The van der Waals surface area contributed by atoms with E-state index in [-0.39, 0.29) is 17.5 Å². The van der Waals surface area contributed by atoms with Crippen molar-refractivity contribution in [2.45, 2.75) is 50.0 Å². The van der Waals surface area contributed by atoms with Gasteiger partial charge in [0.05, 0.1) is 18.0 Å². The fourth-order valence-electron chi connectivity index (χ4n) is 3.66. The zero-order valence-corrected chi connectivity index (χ0v) is 17.8. The summed E-state index contributed by atoms with van der Waals surface area (Å²) >= 11 is 0. The van der Waals surface area contributed by atoms with E-state index >= 15 is 0 Å². The van der Waals surface area contributed by atoms with E-state index in [9.17, 15) is 17.6 Å². The lowest BCUT2D eigenvalue weighted by Crippen LogP contribution is -2.45.